The zero-order chi connectivity index (χ0) is 25.5. The van der Waals surface area contributed by atoms with Gasteiger partial charge in [0.2, 0.25) is 0 Å². The number of nitrogens with one attached hydrogen (secondary N) is 2. The van der Waals surface area contributed by atoms with Gasteiger partial charge >= 0.3 is 0 Å². The zero-order valence-electron chi connectivity index (χ0n) is 20.1. The highest BCUT2D eigenvalue weighted by atomic mass is 32.1. The van der Waals surface area contributed by atoms with E-state index in [1.165, 1.54) is 4.90 Å². The van der Waals surface area contributed by atoms with Gasteiger partial charge in [-0.15, -0.1) is 0 Å². The van der Waals surface area contributed by atoms with Gasteiger partial charge in [-0.25, -0.2) is 0 Å². The maximum Gasteiger partial charge on any atom is 0.276 e. The molecule has 2 heterocycles. The summed E-state index contributed by atoms with van der Waals surface area (Å²) in [6, 6.07) is 14.4. The molecule has 3 aromatic rings. The number of ether oxygens (including phenoxy) is 2. The van der Waals surface area contributed by atoms with Crippen LogP contribution in [0, 0.1) is 0 Å². The number of nitrogens with zero attached hydrogens (tertiary/aromatic N) is 3. The van der Waals surface area contributed by atoms with Crippen molar-refractivity contribution >= 4 is 40.9 Å². The van der Waals surface area contributed by atoms with Crippen LogP contribution in [0.1, 0.15) is 25.0 Å². The molecule has 1 fully saturated rings. The summed E-state index contributed by atoms with van der Waals surface area (Å²) in [6.45, 7) is 5.18. The molecule has 36 heavy (non-hydrogen) atoms. The zero-order valence-corrected chi connectivity index (χ0v) is 20.9. The highest BCUT2D eigenvalue weighted by Gasteiger charge is 2.31. The van der Waals surface area contributed by atoms with E-state index in [4.69, 9.17) is 21.7 Å². The van der Waals surface area contributed by atoms with Crippen LogP contribution in [0.25, 0.3) is 6.08 Å². The summed E-state index contributed by atoms with van der Waals surface area (Å²) in [4.78, 5) is 26.7. The van der Waals surface area contributed by atoms with Crippen LogP contribution in [-0.4, -0.2) is 44.8 Å². The lowest BCUT2D eigenvalue weighted by Gasteiger charge is -2.13. The fourth-order valence-electron chi connectivity index (χ4n) is 3.59. The van der Waals surface area contributed by atoms with Crippen molar-refractivity contribution in [3.8, 4) is 11.5 Å². The van der Waals surface area contributed by atoms with Crippen molar-refractivity contribution in [2.75, 3.05) is 18.5 Å². The maximum atomic E-state index is 13.0. The fourth-order valence-corrected chi connectivity index (χ4v) is 3.85. The lowest BCUT2D eigenvalue weighted by atomic mass is 10.1. The van der Waals surface area contributed by atoms with E-state index < -0.39 is 0 Å². The molecule has 1 aromatic heterocycles. The molecule has 0 bridgehead atoms. The second-order valence-corrected chi connectivity index (χ2v) is 8.31. The van der Waals surface area contributed by atoms with E-state index in [-0.39, 0.29) is 18.4 Å². The molecule has 1 aliphatic heterocycles. The molecule has 0 spiro atoms. The Bertz CT molecular complexity index is 1290. The van der Waals surface area contributed by atoms with Crippen molar-refractivity contribution < 1.29 is 19.1 Å². The fraction of sp³-hybridized carbons (Fsp3) is 0.231. The van der Waals surface area contributed by atoms with Crippen LogP contribution in [0.5, 0.6) is 11.5 Å². The number of anilines is 1. The Morgan fingerprint density at radius 2 is 1.94 bits per heavy atom. The molecule has 0 saturated carbocycles. The molecule has 2 amide bonds. The predicted octanol–water partition coefficient (Wildman–Crippen LogP) is 3.58. The average molecular weight is 506 g/mol. The Hall–Kier alpha value is -4.18. The molecular formula is C26H27N5O4S. The molecule has 9 nitrogen and oxygen atoms in total. The molecule has 0 atom stereocenters. The number of aromatic nitrogens is 2. The first-order valence-electron chi connectivity index (χ1n) is 11.6. The van der Waals surface area contributed by atoms with E-state index in [0.29, 0.717) is 41.1 Å². The number of rotatable bonds is 10. The van der Waals surface area contributed by atoms with Gasteiger partial charge in [0.1, 0.15) is 5.70 Å². The van der Waals surface area contributed by atoms with Gasteiger partial charge in [0.15, 0.2) is 23.2 Å². The number of hydrogen-bond donors (Lipinski definition) is 2. The lowest BCUT2D eigenvalue weighted by molar-refractivity contribution is -0.122. The maximum absolute atomic E-state index is 13.0. The summed E-state index contributed by atoms with van der Waals surface area (Å²) in [5, 5.41) is 10.3. The second-order valence-electron chi connectivity index (χ2n) is 7.93. The molecule has 0 radical (unpaired) electrons. The van der Waals surface area contributed by atoms with E-state index in [1.54, 1.807) is 47.3 Å². The summed E-state index contributed by atoms with van der Waals surface area (Å²) >= 11 is 5.38. The minimum atomic E-state index is -0.284. The van der Waals surface area contributed by atoms with Crippen LogP contribution in [0.2, 0.25) is 0 Å². The Morgan fingerprint density at radius 1 is 1.14 bits per heavy atom. The van der Waals surface area contributed by atoms with E-state index in [9.17, 15) is 9.59 Å². The topological polar surface area (TPSA) is 97.7 Å². The third-order valence-electron chi connectivity index (χ3n) is 5.31. The Balaban J connectivity index is 1.44. The monoisotopic (exact) mass is 505 g/mol. The predicted molar refractivity (Wildman–Crippen MR) is 140 cm³/mol. The van der Waals surface area contributed by atoms with Crippen LogP contribution in [0.3, 0.4) is 0 Å². The summed E-state index contributed by atoms with van der Waals surface area (Å²) in [5.41, 5.74) is 2.67. The van der Waals surface area contributed by atoms with Crippen LogP contribution in [0.4, 0.5) is 5.69 Å². The van der Waals surface area contributed by atoms with E-state index in [0.717, 1.165) is 17.7 Å². The van der Waals surface area contributed by atoms with Crippen LogP contribution in [-0.2, 0) is 22.7 Å². The Labute approximate surface area is 214 Å². The smallest absolute Gasteiger partial charge is 0.276 e. The molecular weight excluding hydrogens is 478 g/mol. The largest absolute Gasteiger partial charge is 0.490 e. The number of amides is 2. The van der Waals surface area contributed by atoms with Gasteiger partial charge in [-0.3, -0.25) is 19.2 Å². The average Bonchev–Trinajstić information content (AvgIpc) is 3.44. The van der Waals surface area contributed by atoms with E-state index in [2.05, 4.69) is 15.7 Å². The summed E-state index contributed by atoms with van der Waals surface area (Å²) in [7, 11) is 0. The minimum absolute atomic E-state index is 0.173. The molecule has 2 aromatic carbocycles. The van der Waals surface area contributed by atoms with Crippen molar-refractivity contribution in [3.05, 3.63) is 77.7 Å². The third kappa shape index (κ3) is 6.08. The standard InChI is InChI=1S/C26H27N5O4S/c1-3-30-15-19(14-27-30)16-31-25(33)21(29-26(31)36)12-18-10-11-22(23(13-18)34-4-2)35-17-24(32)28-20-8-6-5-7-9-20/h5-15H,3-4,16-17H2,1-2H3,(H,28,32)(H,29,36)/b21-12+. The van der Waals surface area contributed by atoms with Gasteiger partial charge in [0.25, 0.3) is 11.8 Å². The van der Waals surface area contributed by atoms with Crippen molar-refractivity contribution in [2.24, 2.45) is 0 Å². The quantitative estimate of drug-likeness (QED) is 0.321. The first-order valence-corrected chi connectivity index (χ1v) is 12.0. The number of aryl methyl sites for hydroxylation is 1. The lowest BCUT2D eigenvalue weighted by Crippen LogP contribution is -2.29. The van der Waals surface area contributed by atoms with Crippen LogP contribution in [0.15, 0.2) is 66.6 Å². The van der Waals surface area contributed by atoms with Gasteiger partial charge in [0.05, 0.1) is 19.3 Å². The van der Waals surface area contributed by atoms with Gasteiger partial charge in [-0.2, -0.15) is 5.10 Å². The number of hydrogen-bond acceptors (Lipinski definition) is 6. The van der Waals surface area contributed by atoms with Crippen molar-refractivity contribution in [2.45, 2.75) is 26.9 Å². The number of thiocarbonyl (C=S) groups is 1. The molecule has 2 N–H and O–H groups in total. The number of para-hydroxylation sites is 1. The van der Waals surface area contributed by atoms with Gasteiger partial charge in [0, 0.05) is 24.0 Å². The molecule has 10 heteroatoms. The van der Waals surface area contributed by atoms with Crippen molar-refractivity contribution in [1.82, 2.24) is 20.0 Å². The van der Waals surface area contributed by atoms with Crippen molar-refractivity contribution in [1.29, 1.82) is 0 Å². The second kappa shape index (κ2) is 11.5. The Kier molecular flexibility index (Phi) is 7.96. The van der Waals surface area contributed by atoms with Crippen LogP contribution < -0.4 is 20.1 Å². The normalized spacial score (nSPS) is 14.2. The number of benzene rings is 2. The summed E-state index contributed by atoms with van der Waals surface area (Å²) in [6.07, 6.45) is 5.33. The minimum Gasteiger partial charge on any atom is -0.490 e. The Morgan fingerprint density at radius 3 is 2.67 bits per heavy atom. The molecule has 4 rings (SSSR count). The van der Waals surface area contributed by atoms with Gasteiger partial charge in [-0.05, 0) is 62.0 Å². The first-order chi connectivity index (χ1) is 17.5. The number of carbonyl (C=O) groups is 2. The SMILES string of the molecule is CCOc1cc(/C=C2/NC(=S)N(Cc3cnn(CC)c3)C2=O)ccc1OCC(=O)Nc1ccccc1. The summed E-state index contributed by atoms with van der Waals surface area (Å²) in [5.74, 6) is 0.392. The highest BCUT2D eigenvalue weighted by molar-refractivity contribution is 7.80. The van der Waals surface area contributed by atoms with Crippen LogP contribution >= 0.6 is 12.2 Å². The highest BCUT2D eigenvalue weighted by Crippen LogP contribution is 2.30. The number of carbonyl (C=O) groups excluding carboxylic acids is 2. The van der Waals surface area contributed by atoms with Gasteiger partial charge < -0.3 is 20.1 Å². The third-order valence-corrected chi connectivity index (χ3v) is 5.63. The molecule has 1 saturated heterocycles. The first kappa shape index (κ1) is 24.9. The summed E-state index contributed by atoms with van der Waals surface area (Å²) < 4.78 is 13.2. The molecule has 186 valence electrons. The molecule has 1 aliphatic rings. The van der Waals surface area contributed by atoms with E-state index in [1.807, 2.05) is 38.2 Å². The van der Waals surface area contributed by atoms with Crippen molar-refractivity contribution in [3.63, 3.8) is 0 Å². The van der Waals surface area contributed by atoms with Gasteiger partial charge in [-0.1, -0.05) is 24.3 Å². The molecule has 0 aliphatic carbocycles. The molecule has 0 unspecified atom stereocenters. The van der Waals surface area contributed by atoms with E-state index >= 15 is 0 Å².